The van der Waals surface area contributed by atoms with E-state index in [1.165, 1.54) is 9.80 Å². The molecule has 1 saturated heterocycles. The van der Waals surface area contributed by atoms with Crippen LogP contribution in [0.5, 0.6) is 0 Å². The average Bonchev–Trinajstić information content (AvgIpc) is 2.27. The van der Waals surface area contributed by atoms with Crippen molar-refractivity contribution in [2.75, 3.05) is 25.0 Å². The van der Waals surface area contributed by atoms with Gasteiger partial charge in [-0.05, 0) is 30.7 Å². The Morgan fingerprint density at radius 3 is 2.53 bits per heavy atom. The molecule has 1 aliphatic heterocycles. The molecule has 17 heavy (non-hydrogen) atoms. The Kier molecular flexibility index (Phi) is 3.19. The van der Waals surface area contributed by atoms with Crippen LogP contribution in [0.3, 0.4) is 0 Å². The van der Waals surface area contributed by atoms with Crippen LogP contribution in [0.25, 0.3) is 0 Å². The fourth-order valence-corrected chi connectivity index (χ4v) is 2.00. The van der Waals surface area contributed by atoms with Crippen molar-refractivity contribution < 1.29 is 9.59 Å². The predicted octanol–water partition coefficient (Wildman–Crippen LogP) is 1.56. The highest BCUT2D eigenvalue weighted by molar-refractivity contribution is 9.10. The van der Waals surface area contributed by atoms with Gasteiger partial charge in [0.25, 0.3) is 0 Å². The van der Waals surface area contributed by atoms with E-state index in [-0.39, 0.29) is 24.9 Å². The molecule has 1 heterocycles. The summed E-state index contributed by atoms with van der Waals surface area (Å²) in [5, 5.41) is 0. The van der Waals surface area contributed by atoms with Crippen LogP contribution in [0.4, 0.5) is 5.69 Å². The lowest BCUT2D eigenvalue weighted by Crippen LogP contribution is -2.52. The zero-order valence-electron chi connectivity index (χ0n) is 9.74. The van der Waals surface area contributed by atoms with E-state index in [0.29, 0.717) is 0 Å². The number of carbonyl (C=O) groups is 2. The monoisotopic (exact) mass is 296 g/mol. The lowest BCUT2D eigenvalue weighted by atomic mass is 10.2. The van der Waals surface area contributed by atoms with Crippen molar-refractivity contribution >= 4 is 33.4 Å². The minimum Gasteiger partial charge on any atom is -0.335 e. The molecule has 0 spiro atoms. The number of nitrogens with zero attached hydrogens (tertiary/aromatic N) is 2. The number of halogens is 1. The van der Waals surface area contributed by atoms with Gasteiger partial charge < -0.3 is 9.80 Å². The lowest BCUT2D eigenvalue weighted by Gasteiger charge is -2.31. The summed E-state index contributed by atoms with van der Waals surface area (Å²) in [6.07, 6.45) is 0. The highest BCUT2D eigenvalue weighted by Crippen LogP contribution is 2.24. The molecule has 0 radical (unpaired) electrons. The molecule has 0 bridgehead atoms. The zero-order chi connectivity index (χ0) is 12.6. The standard InChI is InChI=1S/C12H13BrN2O2/c1-8-5-9(3-4-10(8)13)15-7-11(16)14(2)6-12(15)17/h3-5H,6-7H2,1-2H3. The number of anilines is 1. The fourth-order valence-electron chi connectivity index (χ4n) is 1.75. The maximum atomic E-state index is 11.9. The van der Waals surface area contributed by atoms with Crippen LogP contribution in [-0.2, 0) is 9.59 Å². The molecule has 2 amide bonds. The molecule has 5 heteroatoms. The van der Waals surface area contributed by atoms with Gasteiger partial charge in [-0.2, -0.15) is 0 Å². The second-order valence-corrected chi connectivity index (χ2v) is 5.02. The van der Waals surface area contributed by atoms with E-state index in [9.17, 15) is 9.59 Å². The molecular weight excluding hydrogens is 284 g/mol. The van der Waals surface area contributed by atoms with Crippen LogP contribution in [0, 0.1) is 6.92 Å². The van der Waals surface area contributed by atoms with E-state index in [2.05, 4.69) is 15.9 Å². The van der Waals surface area contributed by atoms with Crippen molar-refractivity contribution in [2.45, 2.75) is 6.92 Å². The summed E-state index contributed by atoms with van der Waals surface area (Å²) in [7, 11) is 1.64. The van der Waals surface area contributed by atoms with Crippen molar-refractivity contribution in [3.05, 3.63) is 28.2 Å². The maximum absolute atomic E-state index is 11.9. The third-order valence-corrected chi connectivity index (χ3v) is 3.74. The highest BCUT2D eigenvalue weighted by Gasteiger charge is 2.28. The summed E-state index contributed by atoms with van der Waals surface area (Å²) in [6.45, 7) is 2.22. The molecule has 2 rings (SSSR count). The van der Waals surface area contributed by atoms with Gasteiger partial charge in [0.1, 0.15) is 6.54 Å². The number of piperazine rings is 1. The highest BCUT2D eigenvalue weighted by atomic mass is 79.9. The Balaban J connectivity index is 2.30. The second-order valence-electron chi connectivity index (χ2n) is 4.16. The summed E-state index contributed by atoms with van der Waals surface area (Å²) >= 11 is 3.41. The number of carbonyl (C=O) groups excluding carboxylic acids is 2. The molecule has 1 fully saturated rings. The van der Waals surface area contributed by atoms with E-state index in [1.807, 2.05) is 25.1 Å². The largest absolute Gasteiger partial charge is 0.335 e. The quantitative estimate of drug-likeness (QED) is 0.789. The van der Waals surface area contributed by atoms with E-state index in [4.69, 9.17) is 0 Å². The lowest BCUT2D eigenvalue weighted by molar-refractivity contribution is -0.136. The van der Waals surface area contributed by atoms with Gasteiger partial charge in [-0.15, -0.1) is 0 Å². The third-order valence-electron chi connectivity index (χ3n) is 2.85. The van der Waals surface area contributed by atoms with Gasteiger partial charge in [0.2, 0.25) is 11.8 Å². The Bertz CT molecular complexity index is 487. The van der Waals surface area contributed by atoms with Crippen LogP contribution in [-0.4, -0.2) is 36.9 Å². The first-order valence-corrected chi connectivity index (χ1v) is 6.09. The number of aryl methyl sites for hydroxylation is 1. The van der Waals surface area contributed by atoms with Gasteiger partial charge in [-0.25, -0.2) is 0 Å². The zero-order valence-corrected chi connectivity index (χ0v) is 11.3. The van der Waals surface area contributed by atoms with E-state index >= 15 is 0 Å². The number of benzene rings is 1. The minimum absolute atomic E-state index is 0.0369. The van der Waals surface area contributed by atoms with Gasteiger partial charge in [-0.3, -0.25) is 9.59 Å². The SMILES string of the molecule is Cc1cc(N2CC(=O)N(C)CC2=O)ccc1Br. The first kappa shape index (κ1) is 12.1. The van der Waals surface area contributed by atoms with Gasteiger partial charge in [0, 0.05) is 17.2 Å². The Labute approximate surface area is 108 Å². The Morgan fingerprint density at radius 1 is 1.18 bits per heavy atom. The topological polar surface area (TPSA) is 40.6 Å². The Morgan fingerprint density at radius 2 is 1.88 bits per heavy atom. The minimum atomic E-state index is -0.0474. The molecular formula is C12H13BrN2O2. The Hall–Kier alpha value is -1.36. The number of rotatable bonds is 1. The first-order valence-electron chi connectivity index (χ1n) is 5.29. The molecule has 0 unspecified atom stereocenters. The summed E-state index contributed by atoms with van der Waals surface area (Å²) in [5.41, 5.74) is 1.82. The smallest absolute Gasteiger partial charge is 0.247 e. The predicted molar refractivity (Wildman–Crippen MR) is 68.9 cm³/mol. The molecule has 1 aromatic carbocycles. The van der Waals surface area contributed by atoms with Crippen molar-refractivity contribution in [1.29, 1.82) is 0 Å². The fraction of sp³-hybridized carbons (Fsp3) is 0.333. The molecule has 0 aliphatic carbocycles. The van der Waals surface area contributed by atoms with Crippen LogP contribution in [0.1, 0.15) is 5.56 Å². The van der Waals surface area contributed by atoms with E-state index < -0.39 is 0 Å². The normalized spacial score (nSPS) is 16.6. The maximum Gasteiger partial charge on any atom is 0.247 e. The van der Waals surface area contributed by atoms with Crippen molar-refractivity contribution in [2.24, 2.45) is 0 Å². The average molecular weight is 297 g/mol. The van der Waals surface area contributed by atoms with E-state index in [1.54, 1.807) is 7.05 Å². The van der Waals surface area contributed by atoms with E-state index in [0.717, 1.165) is 15.7 Å². The molecule has 0 N–H and O–H groups in total. The number of hydrogen-bond donors (Lipinski definition) is 0. The van der Waals surface area contributed by atoms with Crippen LogP contribution < -0.4 is 4.90 Å². The number of amides is 2. The van der Waals surface area contributed by atoms with Gasteiger partial charge in [-0.1, -0.05) is 15.9 Å². The summed E-state index contributed by atoms with van der Waals surface area (Å²) in [4.78, 5) is 26.4. The van der Waals surface area contributed by atoms with Crippen molar-refractivity contribution in [3.63, 3.8) is 0 Å². The third kappa shape index (κ3) is 2.34. The van der Waals surface area contributed by atoms with Gasteiger partial charge >= 0.3 is 0 Å². The molecule has 90 valence electrons. The molecule has 1 aromatic rings. The van der Waals surface area contributed by atoms with Gasteiger partial charge in [0.05, 0.1) is 6.54 Å². The van der Waals surface area contributed by atoms with Crippen molar-refractivity contribution in [1.82, 2.24) is 4.90 Å². The first-order chi connectivity index (χ1) is 7.99. The molecule has 4 nitrogen and oxygen atoms in total. The van der Waals surface area contributed by atoms with Crippen molar-refractivity contribution in [3.8, 4) is 0 Å². The summed E-state index contributed by atoms with van der Waals surface area (Å²) in [5.74, 6) is -0.0843. The summed E-state index contributed by atoms with van der Waals surface area (Å²) < 4.78 is 0.995. The summed E-state index contributed by atoms with van der Waals surface area (Å²) in [6, 6.07) is 5.63. The molecule has 0 atom stereocenters. The van der Waals surface area contributed by atoms with Crippen LogP contribution in [0.15, 0.2) is 22.7 Å². The van der Waals surface area contributed by atoms with Gasteiger partial charge in [0.15, 0.2) is 0 Å². The number of hydrogen-bond acceptors (Lipinski definition) is 2. The van der Waals surface area contributed by atoms with Crippen LogP contribution >= 0.6 is 15.9 Å². The second kappa shape index (κ2) is 4.49. The number of likely N-dealkylation sites (N-methyl/N-ethyl adjacent to an activating group) is 1. The molecule has 0 saturated carbocycles. The van der Waals surface area contributed by atoms with Crippen LogP contribution in [0.2, 0.25) is 0 Å². The molecule has 1 aliphatic rings. The molecule has 0 aromatic heterocycles.